The minimum Gasteiger partial charge on any atom is -0.443 e. The number of oxazole rings is 1. The molecule has 0 aliphatic carbocycles. The smallest absolute Gasteiger partial charge is 0.262 e. The zero-order chi connectivity index (χ0) is 19.3. The number of likely N-dealkylation sites (tertiary alicyclic amines) is 1. The molecule has 0 bridgehead atoms. The van der Waals surface area contributed by atoms with Crippen molar-refractivity contribution in [1.82, 2.24) is 15.0 Å². The quantitative estimate of drug-likeness (QED) is 0.591. The Balaban J connectivity index is 1.50. The van der Waals surface area contributed by atoms with Crippen LogP contribution in [-0.2, 0) is 10.4 Å². The van der Waals surface area contributed by atoms with Crippen LogP contribution in [0.2, 0.25) is 0 Å². The summed E-state index contributed by atoms with van der Waals surface area (Å²) >= 11 is 0. The first-order valence-electron chi connectivity index (χ1n) is 8.94. The Morgan fingerprint density at radius 2 is 1.93 bits per heavy atom. The van der Waals surface area contributed by atoms with Crippen LogP contribution in [0.5, 0.6) is 0 Å². The van der Waals surface area contributed by atoms with Gasteiger partial charge in [0, 0.05) is 31.6 Å². The first-order chi connectivity index (χ1) is 13.5. The molecule has 1 aliphatic rings. The van der Waals surface area contributed by atoms with Crippen molar-refractivity contribution in [3.8, 4) is 22.4 Å². The number of rotatable bonds is 3. The number of carbonyl (C=O) groups is 1. The molecule has 1 N–H and O–H groups in total. The van der Waals surface area contributed by atoms with Crippen molar-refractivity contribution >= 4 is 17.0 Å². The first kappa shape index (κ1) is 16.7. The van der Waals surface area contributed by atoms with E-state index in [1.807, 2.05) is 42.5 Å². The lowest BCUT2D eigenvalue weighted by Crippen LogP contribution is -2.35. The summed E-state index contributed by atoms with van der Waals surface area (Å²) in [6.07, 6.45) is 1.71. The number of aromatic nitrogens is 2. The minimum absolute atomic E-state index is 0.172. The van der Waals surface area contributed by atoms with Crippen LogP contribution in [0.3, 0.4) is 0 Å². The molecular formula is C21H17N3O4. The molecule has 2 aromatic carbocycles. The lowest BCUT2D eigenvalue weighted by Gasteiger charge is -2.16. The molecule has 0 radical (unpaired) electrons. The molecule has 7 heteroatoms. The van der Waals surface area contributed by atoms with Crippen LogP contribution in [0.4, 0.5) is 0 Å². The van der Waals surface area contributed by atoms with Crippen molar-refractivity contribution < 1.29 is 18.8 Å². The number of likely N-dealkylation sites (N-methyl/N-ethyl adjacent to an activating group) is 1. The van der Waals surface area contributed by atoms with E-state index in [1.54, 1.807) is 13.1 Å². The summed E-state index contributed by atoms with van der Waals surface area (Å²) in [6, 6.07) is 15.3. The number of fused-ring (bicyclic) bond motifs is 1. The molecule has 4 aromatic rings. The SMILES string of the molecule is CN1CCC(O)(c2cc(-c3cccc(-c4ccc5ncoc5c4)c3)no2)C1=O. The summed E-state index contributed by atoms with van der Waals surface area (Å²) in [4.78, 5) is 17.9. The first-order valence-corrected chi connectivity index (χ1v) is 8.94. The van der Waals surface area contributed by atoms with Gasteiger partial charge in [-0.05, 0) is 29.3 Å². The Bertz CT molecular complexity index is 1200. The highest BCUT2D eigenvalue weighted by Gasteiger charge is 2.48. The second-order valence-electron chi connectivity index (χ2n) is 7.03. The number of hydrogen-bond acceptors (Lipinski definition) is 6. The van der Waals surface area contributed by atoms with Crippen LogP contribution in [-0.4, -0.2) is 39.6 Å². The molecule has 1 amide bonds. The summed E-state index contributed by atoms with van der Waals surface area (Å²) in [5.41, 5.74) is 3.24. The highest BCUT2D eigenvalue weighted by atomic mass is 16.5. The molecule has 1 aliphatic heterocycles. The molecule has 7 nitrogen and oxygen atoms in total. The minimum atomic E-state index is -1.64. The number of benzene rings is 2. The van der Waals surface area contributed by atoms with Crippen LogP contribution in [0, 0.1) is 0 Å². The van der Waals surface area contributed by atoms with Gasteiger partial charge < -0.3 is 18.9 Å². The van der Waals surface area contributed by atoms with E-state index in [-0.39, 0.29) is 18.1 Å². The van der Waals surface area contributed by atoms with Gasteiger partial charge in [0.2, 0.25) is 5.60 Å². The molecule has 1 saturated heterocycles. The van der Waals surface area contributed by atoms with Crippen molar-refractivity contribution in [2.75, 3.05) is 13.6 Å². The second kappa shape index (κ2) is 6.03. The molecule has 2 aromatic heterocycles. The van der Waals surface area contributed by atoms with E-state index in [0.717, 1.165) is 27.8 Å². The molecule has 3 heterocycles. The van der Waals surface area contributed by atoms with Crippen molar-refractivity contribution in [2.45, 2.75) is 12.0 Å². The maximum absolute atomic E-state index is 12.3. The topological polar surface area (TPSA) is 92.6 Å². The molecule has 0 saturated carbocycles. The average Bonchev–Trinajstić information content (AvgIpc) is 3.45. The normalized spacial score (nSPS) is 19.6. The lowest BCUT2D eigenvalue weighted by atomic mass is 9.97. The van der Waals surface area contributed by atoms with Gasteiger partial charge in [-0.2, -0.15) is 0 Å². The third-order valence-corrected chi connectivity index (χ3v) is 5.25. The second-order valence-corrected chi connectivity index (χ2v) is 7.03. The maximum Gasteiger partial charge on any atom is 0.262 e. The summed E-state index contributed by atoms with van der Waals surface area (Å²) in [5.74, 6) is -0.199. The lowest BCUT2D eigenvalue weighted by molar-refractivity contribution is -0.144. The molecule has 140 valence electrons. The van der Waals surface area contributed by atoms with Gasteiger partial charge in [-0.1, -0.05) is 29.4 Å². The van der Waals surface area contributed by atoms with Gasteiger partial charge in [0.15, 0.2) is 17.7 Å². The predicted octanol–water partition coefficient (Wildman–Crippen LogP) is 3.20. The average molecular weight is 375 g/mol. The van der Waals surface area contributed by atoms with Gasteiger partial charge >= 0.3 is 0 Å². The third-order valence-electron chi connectivity index (χ3n) is 5.25. The summed E-state index contributed by atoms with van der Waals surface area (Å²) in [5, 5.41) is 14.8. The number of nitrogens with zero attached hydrogens (tertiary/aromatic N) is 3. The van der Waals surface area contributed by atoms with E-state index < -0.39 is 5.60 Å². The number of amides is 1. The Morgan fingerprint density at radius 1 is 1.11 bits per heavy atom. The fraction of sp³-hybridized carbons (Fsp3) is 0.190. The number of hydrogen-bond donors (Lipinski definition) is 1. The van der Waals surface area contributed by atoms with E-state index in [0.29, 0.717) is 12.2 Å². The van der Waals surface area contributed by atoms with E-state index in [4.69, 9.17) is 8.94 Å². The Labute approximate surface area is 160 Å². The van der Waals surface area contributed by atoms with Gasteiger partial charge in [0.1, 0.15) is 11.2 Å². The zero-order valence-electron chi connectivity index (χ0n) is 15.1. The fourth-order valence-electron chi connectivity index (χ4n) is 3.58. The van der Waals surface area contributed by atoms with Crippen LogP contribution >= 0.6 is 0 Å². The summed E-state index contributed by atoms with van der Waals surface area (Å²) in [6.45, 7) is 0.477. The van der Waals surface area contributed by atoms with E-state index in [2.05, 4.69) is 10.1 Å². The predicted molar refractivity (Wildman–Crippen MR) is 101 cm³/mol. The van der Waals surface area contributed by atoms with Crippen LogP contribution in [0.1, 0.15) is 12.2 Å². The fourth-order valence-corrected chi connectivity index (χ4v) is 3.58. The van der Waals surface area contributed by atoms with Crippen molar-refractivity contribution in [3.05, 3.63) is 60.7 Å². The zero-order valence-corrected chi connectivity index (χ0v) is 15.1. The maximum atomic E-state index is 12.3. The molecule has 1 atom stereocenters. The molecule has 0 spiro atoms. The Kier molecular flexibility index (Phi) is 3.60. The summed E-state index contributed by atoms with van der Waals surface area (Å²) < 4.78 is 10.7. The van der Waals surface area contributed by atoms with Gasteiger partial charge in [-0.3, -0.25) is 4.79 Å². The number of aliphatic hydroxyl groups is 1. The van der Waals surface area contributed by atoms with E-state index in [9.17, 15) is 9.90 Å². The monoisotopic (exact) mass is 375 g/mol. The van der Waals surface area contributed by atoms with Gasteiger partial charge in [-0.15, -0.1) is 0 Å². The van der Waals surface area contributed by atoms with Crippen LogP contribution < -0.4 is 0 Å². The van der Waals surface area contributed by atoms with E-state index in [1.165, 1.54) is 11.3 Å². The van der Waals surface area contributed by atoms with Crippen molar-refractivity contribution in [1.29, 1.82) is 0 Å². The van der Waals surface area contributed by atoms with Gasteiger partial charge in [0.05, 0.1) is 0 Å². The van der Waals surface area contributed by atoms with Gasteiger partial charge in [-0.25, -0.2) is 4.98 Å². The van der Waals surface area contributed by atoms with Crippen LogP contribution in [0.15, 0.2) is 63.9 Å². The highest BCUT2D eigenvalue weighted by Crippen LogP contribution is 2.35. The highest BCUT2D eigenvalue weighted by molar-refractivity contribution is 5.88. The Hall–Kier alpha value is -3.45. The molecule has 1 unspecified atom stereocenters. The third kappa shape index (κ3) is 2.51. The number of carbonyl (C=O) groups excluding carboxylic acids is 1. The Morgan fingerprint density at radius 3 is 2.75 bits per heavy atom. The van der Waals surface area contributed by atoms with Crippen molar-refractivity contribution in [3.63, 3.8) is 0 Å². The molecule has 28 heavy (non-hydrogen) atoms. The van der Waals surface area contributed by atoms with Crippen molar-refractivity contribution in [2.24, 2.45) is 0 Å². The largest absolute Gasteiger partial charge is 0.443 e. The van der Waals surface area contributed by atoms with Crippen LogP contribution in [0.25, 0.3) is 33.5 Å². The standard InChI is InChI=1S/C21H17N3O4/c1-24-8-7-21(26,20(24)25)19-11-17(23-28-19)15-4-2-3-13(9-15)14-5-6-16-18(10-14)27-12-22-16/h2-6,9-12,26H,7-8H2,1H3. The van der Waals surface area contributed by atoms with Gasteiger partial charge in [0.25, 0.3) is 5.91 Å². The summed E-state index contributed by atoms with van der Waals surface area (Å²) in [7, 11) is 1.66. The van der Waals surface area contributed by atoms with E-state index >= 15 is 0 Å². The molecule has 1 fully saturated rings. The molecular weight excluding hydrogens is 358 g/mol. The molecule has 5 rings (SSSR count).